The van der Waals surface area contributed by atoms with Crippen molar-refractivity contribution >= 4 is 32.7 Å². The zero-order valence-electron chi connectivity index (χ0n) is 18.4. The van der Waals surface area contributed by atoms with Crippen LogP contribution in [0, 0.1) is 6.92 Å². The number of rotatable bonds is 1. The van der Waals surface area contributed by atoms with E-state index in [1.54, 1.807) is 0 Å². The first-order valence-electron chi connectivity index (χ1n) is 10.5. The van der Waals surface area contributed by atoms with Crippen molar-refractivity contribution in [1.82, 2.24) is 0 Å². The van der Waals surface area contributed by atoms with Gasteiger partial charge in [0.25, 0.3) is 0 Å². The summed E-state index contributed by atoms with van der Waals surface area (Å²) in [4.78, 5) is 0. The van der Waals surface area contributed by atoms with Gasteiger partial charge in [-0.1, -0.05) is 97.4 Å². The van der Waals surface area contributed by atoms with Gasteiger partial charge in [0.1, 0.15) is 11.2 Å². The second-order valence-electron chi connectivity index (χ2n) is 6.01. The lowest BCUT2D eigenvalue weighted by Gasteiger charge is -2.10. The van der Waals surface area contributed by atoms with Crippen LogP contribution in [0.4, 0.5) is 0 Å². The van der Waals surface area contributed by atoms with E-state index in [9.17, 15) is 0 Å². The van der Waals surface area contributed by atoms with Crippen molar-refractivity contribution in [1.29, 1.82) is 0 Å². The van der Waals surface area contributed by atoms with Crippen molar-refractivity contribution < 1.29 is 4.42 Å². The van der Waals surface area contributed by atoms with Gasteiger partial charge in [0.05, 0.1) is 0 Å². The van der Waals surface area contributed by atoms with Crippen LogP contribution in [0.3, 0.4) is 0 Å². The molecule has 0 fully saturated rings. The topological polar surface area (TPSA) is 13.1 Å². The lowest BCUT2D eigenvalue weighted by molar-refractivity contribution is 0.672. The summed E-state index contributed by atoms with van der Waals surface area (Å²) in [6, 6.07) is 16.9. The fraction of sp³-hybridized carbons (Fsp3) is 0.385. The molecule has 1 heteroatoms. The van der Waals surface area contributed by atoms with Gasteiger partial charge in [-0.25, -0.2) is 0 Å². The van der Waals surface area contributed by atoms with E-state index in [2.05, 4.69) is 70.2 Å². The van der Waals surface area contributed by atoms with Gasteiger partial charge in [-0.2, -0.15) is 0 Å². The van der Waals surface area contributed by atoms with Crippen LogP contribution in [-0.4, -0.2) is 0 Å². The third-order valence-corrected chi connectivity index (χ3v) is 4.27. The maximum atomic E-state index is 6.15. The molecule has 1 heterocycles. The summed E-state index contributed by atoms with van der Waals surface area (Å²) in [6.45, 7) is 16.7. The van der Waals surface area contributed by atoms with Crippen LogP contribution in [0.25, 0.3) is 32.7 Å². The molecule has 0 atom stereocenters. The third-order valence-electron chi connectivity index (χ3n) is 4.27. The molecule has 4 aromatic rings. The molecule has 0 bridgehead atoms. The minimum absolute atomic E-state index is 0.976. The molecule has 1 aromatic heterocycles. The van der Waals surface area contributed by atoms with Crippen LogP contribution in [0.2, 0.25) is 0 Å². The van der Waals surface area contributed by atoms with Gasteiger partial charge in [0, 0.05) is 16.2 Å². The molecule has 0 unspecified atom stereocenters. The van der Waals surface area contributed by atoms with Gasteiger partial charge in [0.2, 0.25) is 0 Å². The van der Waals surface area contributed by atoms with Gasteiger partial charge in [-0.15, -0.1) is 0 Å². The Labute approximate surface area is 165 Å². The molecule has 0 spiro atoms. The minimum atomic E-state index is 0.976. The standard InChI is InChI=1S/C19H16O.C3H8.2C2H6/c1-3-13-12(2)18-16-10-6-7-11-17(16)20-19(18)15-9-5-4-8-14(13)15;1-3-2;2*1-2/h4-11H,3H2,1-2H3;3H2,1-2H3;2*1-2H3. The van der Waals surface area contributed by atoms with E-state index in [-0.39, 0.29) is 0 Å². The van der Waals surface area contributed by atoms with Crippen LogP contribution in [0.1, 0.15) is 66.0 Å². The van der Waals surface area contributed by atoms with Gasteiger partial charge < -0.3 is 4.42 Å². The second kappa shape index (κ2) is 11.4. The average molecular weight is 365 g/mol. The Balaban J connectivity index is 0.000000466. The number of furan rings is 1. The van der Waals surface area contributed by atoms with Crippen molar-refractivity contribution in [3.05, 3.63) is 59.7 Å². The zero-order valence-corrected chi connectivity index (χ0v) is 18.4. The van der Waals surface area contributed by atoms with E-state index in [0.717, 1.165) is 17.6 Å². The second-order valence-corrected chi connectivity index (χ2v) is 6.01. The van der Waals surface area contributed by atoms with Crippen LogP contribution in [0.15, 0.2) is 52.9 Å². The Morgan fingerprint density at radius 2 is 1.19 bits per heavy atom. The summed E-state index contributed by atoms with van der Waals surface area (Å²) in [5.74, 6) is 0. The molecule has 146 valence electrons. The van der Waals surface area contributed by atoms with Crippen LogP contribution >= 0.6 is 0 Å². The average Bonchev–Trinajstić information content (AvgIpc) is 3.12. The number of fused-ring (bicyclic) bond motifs is 5. The van der Waals surface area contributed by atoms with Crippen molar-refractivity contribution in [3.63, 3.8) is 0 Å². The van der Waals surface area contributed by atoms with E-state index in [1.807, 2.05) is 33.8 Å². The summed E-state index contributed by atoms with van der Waals surface area (Å²) in [5, 5.41) is 5.04. The predicted molar refractivity (Wildman–Crippen MR) is 124 cm³/mol. The minimum Gasteiger partial charge on any atom is -0.455 e. The summed E-state index contributed by atoms with van der Waals surface area (Å²) in [6.07, 6.45) is 2.29. The highest BCUT2D eigenvalue weighted by atomic mass is 16.3. The largest absolute Gasteiger partial charge is 0.455 e. The highest BCUT2D eigenvalue weighted by molar-refractivity contribution is 6.17. The first-order valence-corrected chi connectivity index (χ1v) is 10.5. The van der Waals surface area contributed by atoms with Crippen LogP contribution in [0.5, 0.6) is 0 Å². The molecule has 0 radical (unpaired) electrons. The predicted octanol–water partition coefficient (Wildman–Crippen LogP) is 9.08. The van der Waals surface area contributed by atoms with Gasteiger partial charge in [-0.05, 0) is 35.9 Å². The molecule has 1 nitrogen and oxygen atoms in total. The molecule has 0 N–H and O–H groups in total. The first-order chi connectivity index (χ1) is 13.2. The highest BCUT2D eigenvalue weighted by Gasteiger charge is 2.16. The number of benzene rings is 3. The Morgan fingerprint density at radius 3 is 1.74 bits per heavy atom. The van der Waals surface area contributed by atoms with E-state index in [0.29, 0.717) is 0 Å². The van der Waals surface area contributed by atoms with E-state index >= 15 is 0 Å². The molecule has 0 aliphatic rings. The van der Waals surface area contributed by atoms with Crippen LogP contribution in [-0.2, 0) is 6.42 Å². The summed E-state index contributed by atoms with van der Waals surface area (Å²) in [7, 11) is 0. The Morgan fingerprint density at radius 1 is 0.704 bits per heavy atom. The molecular formula is C26H36O. The molecule has 3 aromatic carbocycles. The number of hydrogen-bond donors (Lipinski definition) is 0. The molecule has 0 aliphatic heterocycles. The Hall–Kier alpha value is -2.28. The van der Waals surface area contributed by atoms with Gasteiger partial charge >= 0.3 is 0 Å². The fourth-order valence-corrected chi connectivity index (χ4v) is 3.36. The number of para-hydroxylation sites is 1. The quantitative estimate of drug-likeness (QED) is 0.328. The molecule has 27 heavy (non-hydrogen) atoms. The van der Waals surface area contributed by atoms with E-state index in [1.165, 1.54) is 39.1 Å². The molecule has 4 rings (SSSR count). The SMILES string of the molecule is CC.CC.CCC.CCc1c(C)c2c3ccccc3oc2c2ccccc12. The van der Waals surface area contributed by atoms with Crippen molar-refractivity contribution in [3.8, 4) is 0 Å². The number of aryl methyl sites for hydroxylation is 2. The summed E-state index contributed by atoms with van der Waals surface area (Å²) < 4.78 is 6.15. The normalized spacial score (nSPS) is 9.78. The Bertz CT molecular complexity index is 960. The fourth-order valence-electron chi connectivity index (χ4n) is 3.36. The molecule has 0 aliphatic carbocycles. The molecule has 0 amide bonds. The summed E-state index contributed by atoms with van der Waals surface area (Å²) in [5.41, 5.74) is 4.78. The first kappa shape index (κ1) is 22.8. The lowest BCUT2D eigenvalue weighted by atomic mass is 9.93. The summed E-state index contributed by atoms with van der Waals surface area (Å²) >= 11 is 0. The highest BCUT2D eigenvalue weighted by Crippen LogP contribution is 2.38. The van der Waals surface area contributed by atoms with Crippen molar-refractivity contribution in [2.75, 3.05) is 0 Å². The number of hydrogen-bond acceptors (Lipinski definition) is 1. The molecule has 0 saturated heterocycles. The van der Waals surface area contributed by atoms with Crippen LogP contribution < -0.4 is 0 Å². The molecular weight excluding hydrogens is 328 g/mol. The zero-order chi connectivity index (χ0) is 20.4. The van der Waals surface area contributed by atoms with E-state index < -0.39 is 0 Å². The smallest absolute Gasteiger partial charge is 0.143 e. The third kappa shape index (κ3) is 4.53. The van der Waals surface area contributed by atoms with Crippen molar-refractivity contribution in [2.24, 2.45) is 0 Å². The monoisotopic (exact) mass is 364 g/mol. The van der Waals surface area contributed by atoms with E-state index in [4.69, 9.17) is 4.42 Å². The van der Waals surface area contributed by atoms with Gasteiger partial charge in [0.15, 0.2) is 0 Å². The molecule has 0 saturated carbocycles. The Kier molecular flexibility index (Phi) is 9.64. The lowest BCUT2D eigenvalue weighted by Crippen LogP contribution is -1.90. The maximum absolute atomic E-state index is 6.15. The van der Waals surface area contributed by atoms with Crippen molar-refractivity contribution in [2.45, 2.75) is 68.2 Å². The van der Waals surface area contributed by atoms with Gasteiger partial charge in [-0.3, -0.25) is 0 Å². The maximum Gasteiger partial charge on any atom is 0.143 e.